The number of carbonyl (C=O) groups excluding carboxylic acids is 2. The highest BCUT2D eigenvalue weighted by Crippen LogP contribution is 2.31. The lowest BCUT2D eigenvalue weighted by Crippen LogP contribution is -2.43. The van der Waals surface area contributed by atoms with Crippen molar-refractivity contribution >= 4 is 23.2 Å². The molecule has 1 aliphatic rings. The summed E-state index contributed by atoms with van der Waals surface area (Å²) in [4.78, 5) is 23.8. The topological polar surface area (TPSA) is 84.2 Å². The number of amides is 2. The Kier molecular flexibility index (Phi) is 3.98. The van der Waals surface area contributed by atoms with Gasteiger partial charge in [0.2, 0.25) is 5.91 Å². The van der Waals surface area contributed by atoms with Crippen LogP contribution < -0.4 is 16.4 Å². The third-order valence-corrected chi connectivity index (χ3v) is 3.78. The van der Waals surface area contributed by atoms with E-state index in [1.165, 1.54) is 11.3 Å². The van der Waals surface area contributed by atoms with E-state index in [9.17, 15) is 9.59 Å². The lowest BCUT2D eigenvalue weighted by Gasteiger charge is -2.10. The molecular weight excluding hydrogens is 250 g/mol. The van der Waals surface area contributed by atoms with E-state index in [1.54, 1.807) is 6.07 Å². The predicted molar refractivity (Wildman–Crippen MR) is 70.4 cm³/mol. The first kappa shape index (κ1) is 13.0. The molecule has 0 aromatic carbocycles. The molecule has 0 radical (unpaired) electrons. The molecule has 6 heteroatoms. The Morgan fingerprint density at radius 3 is 2.67 bits per heavy atom. The molecule has 0 aliphatic heterocycles. The maximum Gasteiger partial charge on any atom is 0.261 e. The van der Waals surface area contributed by atoms with Gasteiger partial charge in [0.05, 0.1) is 10.4 Å². The van der Waals surface area contributed by atoms with Gasteiger partial charge in [0.1, 0.15) is 0 Å². The van der Waals surface area contributed by atoms with Crippen LogP contribution in [-0.4, -0.2) is 30.4 Å². The molecule has 2 amide bonds. The summed E-state index contributed by atoms with van der Waals surface area (Å²) in [6.45, 7) is 1.09. The summed E-state index contributed by atoms with van der Waals surface area (Å²) in [6, 6.07) is 3.63. The number of nitrogens with one attached hydrogen (secondary N) is 2. The van der Waals surface area contributed by atoms with Crippen molar-refractivity contribution in [1.82, 2.24) is 10.6 Å². The van der Waals surface area contributed by atoms with Gasteiger partial charge in [-0.15, -0.1) is 11.3 Å². The van der Waals surface area contributed by atoms with Crippen LogP contribution in [0.25, 0.3) is 0 Å². The number of thiophene rings is 1. The zero-order chi connectivity index (χ0) is 13.0. The molecule has 5 nitrogen and oxygen atoms in total. The first-order valence-electron chi connectivity index (χ1n) is 6.01. The average Bonchev–Trinajstić information content (AvgIpc) is 2.91. The first-order valence-corrected chi connectivity index (χ1v) is 6.89. The molecule has 4 N–H and O–H groups in total. The number of hydrogen-bond donors (Lipinski definition) is 3. The second kappa shape index (κ2) is 5.49. The van der Waals surface area contributed by atoms with E-state index < -0.39 is 5.54 Å². The smallest absolute Gasteiger partial charge is 0.261 e. The van der Waals surface area contributed by atoms with E-state index >= 15 is 0 Å². The van der Waals surface area contributed by atoms with Crippen LogP contribution in [0.2, 0.25) is 0 Å². The van der Waals surface area contributed by atoms with Crippen molar-refractivity contribution in [3.63, 3.8) is 0 Å². The minimum absolute atomic E-state index is 0.0613. The lowest BCUT2D eigenvalue weighted by molar-refractivity contribution is -0.123. The van der Waals surface area contributed by atoms with Crippen LogP contribution in [0.4, 0.5) is 0 Å². The van der Waals surface area contributed by atoms with Crippen molar-refractivity contribution in [2.45, 2.75) is 24.8 Å². The van der Waals surface area contributed by atoms with Crippen LogP contribution in [0.1, 0.15) is 28.9 Å². The number of hydrogen-bond acceptors (Lipinski definition) is 4. The van der Waals surface area contributed by atoms with Crippen LogP contribution in [0.3, 0.4) is 0 Å². The van der Waals surface area contributed by atoms with Crippen molar-refractivity contribution in [3.05, 3.63) is 22.4 Å². The molecule has 0 bridgehead atoms. The van der Waals surface area contributed by atoms with Gasteiger partial charge >= 0.3 is 0 Å². The molecule has 18 heavy (non-hydrogen) atoms. The van der Waals surface area contributed by atoms with E-state index in [1.807, 2.05) is 11.4 Å². The summed E-state index contributed by atoms with van der Waals surface area (Å²) in [7, 11) is 0. The average molecular weight is 267 g/mol. The quantitative estimate of drug-likeness (QED) is 0.655. The fourth-order valence-electron chi connectivity index (χ4n) is 1.52. The highest BCUT2D eigenvalue weighted by Gasteiger charge is 2.45. The van der Waals surface area contributed by atoms with Crippen molar-refractivity contribution in [3.8, 4) is 0 Å². The number of carbonyl (C=O) groups is 2. The summed E-state index contributed by atoms with van der Waals surface area (Å²) in [5.74, 6) is -0.138. The van der Waals surface area contributed by atoms with E-state index in [0.717, 1.165) is 12.8 Å². The van der Waals surface area contributed by atoms with E-state index in [-0.39, 0.29) is 11.8 Å². The monoisotopic (exact) mass is 267 g/mol. The molecule has 1 aromatic heterocycles. The molecule has 1 aromatic rings. The second-order valence-corrected chi connectivity index (χ2v) is 5.45. The van der Waals surface area contributed by atoms with Crippen molar-refractivity contribution < 1.29 is 9.59 Å². The van der Waals surface area contributed by atoms with Crippen LogP contribution in [-0.2, 0) is 4.79 Å². The van der Waals surface area contributed by atoms with Gasteiger partial charge in [-0.05, 0) is 30.7 Å². The minimum atomic E-state index is -0.611. The molecule has 98 valence electrons. The Hall–Kier alpha value is -1.40. The fourth-order valence-corrected chi connectivity index (χ4v) is 2.16. The minimum Gasteiger partial charge on any atom is -0.354 e. The molecule has 0 spiro atoms. The Bertz CT molecular complexity index is 427. The maximum absolute atomic E-state index is 11.6. The van der Waals surface area contributed by atoms with Gasteiger partial charge in [0.15, 0.2) is 0 Å². The normalized spacial score (nSPS) is 16.1. The highest BCUT2D eigenvalue weighted by molar-refractivity contribution is 7.12. The molecule has 1 heterocycles. The molecular formula is C12H17N3O2S. The van der Waals surface area contributed by atoms with Gasteiger partial charge in [-0.1, -0.05) is 6.07 Å². The summed E-state index contributed by atoms with van der Waals surface area (Å²) in [5, 5.41) is 7.45. The van der Waals surface area contributed by atoms with E-state index in [0.29, 0.717) is 24.4 Å². The van der Waals surface area contributed by atoms with Crippen molar-refractivity contribution in [2.75, 3.05) is 13.1 Å². The summed E-state index contributed by atoms with van der Waals surface area (Å²) in [5.41, 5.74) is 5.13. The van der Waals surface area contributed by atoms with Crippen LogP contribution >= 0.6 is 11.3 Å². The number of rotatable bonds is 6. The Labute approximate surface area is 110 Å². The van der Waals surface area contributed by atoms with Crippen LogP contribution in [0.15, 0.2) is 17.5 Å². The largest absolute Gasteiger partial charge is 0.354 e. The van der Waals surface area contributed by atoms with Gasteiger partial charge in [0.25, 0.3) is 5.91 Å². The van der Waals surface area contributed by atoms with Crippen molar-refractivity contribution in [1.29, 1.82) is 0 Å². The first-order chi connectivity index (χ1) is 8.62. The van der Waals surface area contributed by atoms with Gasteiger partial charge in [-0.3, -0.25) is 9.59 Å². The highest BCUT2D eigenvalue weighted by atomic mass is 32.1. The molecule has 0 unspecified atom stereocenters. The Morgan fingerprint density at radius 2 is 2.06 bits per heavy atom. The van der Waals surface area contributed by atoms with E-state index in [2.05, 4.69) is 10.6 Å². The second-order valence-electron chi connectivity index (χ2n) is 4.50. The fraction of sp³-hybridized carbons (Fsp3) is 0.500. The van der Waals surface area contributed by atoms with Crippen LogP contribution in [0.5, 0.6) is 0 Å². The standard InChI is InChI=1S/C12H17N3O2S/c13-12(4-5-12)11(17)15-7-2-6-14-10(16)9-3-1-8-18-9/h1,3,8H,2,4-7,13H2,(H,14,16)(H,15,17). The Balaban J connectivity index is 1.56. The van der Waals surface area contributed by atoms with Crippen molar-refractivity contribution in [2.24, 2.45) is 5.73 Å². The predicted octanol–water partition coefficient (Wildman–Crippen LogP) is 0.475. The summed E-state index contributed by atoms with van der Waals surface area (Å²) in [6.07, 6.45) is 2.25. The summed E-state index contributed by atoms with van der Waals surface area (Å²) >= 11 is 1.41. The zero-order valence-electron chi connectivity index (χ0n) is 10.1. The zero-order valence-corrected chi connectivity index (χ0v) is 10.9. The summed E-state index contributed by atoms with van der Waals surface area (Å²) < 4.78 is 0. The third kappa shape index (κ3) is 3.30. The van der Waals surface area contributed by atoms with Gasteiger partial charge in [0, 0.05) is 13.1 Å². The molecule has 1 aliphatic carbocycles. The molecule has 1 fully saturated rings. The Morgan fingerprint density at radius 1 is 1.33 bits per heavy atom. The van der Waals surface area contributed by atoms with Gasteiger partial charge in [-0.25, -0.2) is 0 Å². The van der Waals surface area contributed by atoms with E-state index in [4.69, 9.17) is 5.73 Å². The van der Waals surface area contributed by atoms with Crippen LogP contribution in [0, 0.1) is 0 Å². The lowest BCUT2D eigenvalue weighted by atomic mass is 10.2. The number of nitrogens with two attached hydrogens (primary N) is 1. The molecule has 0 atom stereocenters. The molecule has 0 saturated heterocycles. The SMILES string of the molecule is NC1(C(=O)NCCCNC(=O)c2cccs2)CC1. The third-order valence-electron chi connectivity index (χ3n) is 2.91. The molecule has 2 rings (SSSR count). The maximum atomic E-state index is 11.6. The molecule has 1 saturated carbocycles. The van der Waals surface area contributed by atoms with Gasteiger partial charge in [-0.2, -0.15) is 0 Å². The van der Waals surface area contributed by atoms with Gasteiger partial charge < -0.3 is 16.4 Å².